The second-order valence-corrected chi connectivity index (χ2v) is 8.89. The Labute approximate surface area is 205 Å². The molecule has 1 heterocycles. The van der Waals surface area contributed by atoms with Crippen molar-refractivity contribution >= 4 is 23.3 Å². The third-order valence-corrected chi connectivity index (χ3v) is 6.41. The van der Waals surface area contributed by atoms with Gasteiger partial charge in [-0.15, -0.1) is 0 Å². The fourth-order valence-corrected chi connectivity index (χ4v) is 4.53. The lowest BCUT2D eigenvalue weighted by molar-refractivity contribution is -0.123. The number of ether oxygens (including phenoxy) is 3. The number of methoxy groups -OCH3 is 1. The topological polar surface area (TPSA) is 94.2 Å². The maximum absolute atomic E-state index is 12.8. The molecule has 1 aliphatic heterocycles. The van der Waals surface area contributed by atoms with Gasteiger partial charge in [-0.1, -0.05) is 31.4 Å². The molecule has 35 heavy (non-hydrogen) atoms. The van der Waals surface area contributed by atoms with E-state index in [1.807, 2.05) is 6.07 Å². The van der Waals surface area contributed by atoms with Crippen LogP contribution in [0.2, 0.25) is 0 Å². The minimum atomic E-state index is -0.233. The fourth-order valence-electron chi connectivity index (χ4n) is 4.53. The maximum atomic E-state index is 12.8. The van der Waals surface area contributed by atoms with E-state index in [0.717, 1.165) is 25.7 Å². The number of Topliss-reactive ketones (excluding diaryl/α,β-unsaturated/α-hetero) is 1. The molecule has 1 saturated carbocycles. The van der Waals surface area contributed by atoms with Gasteiger partial charge in [-0.25, -0.2) is 0 Å². The maximum Gasteiger partial charge on any atom is 0.265 e. The molecule has 1 aliphatic carbocycles. The van der Waals surface area contributed by atoms with Gasteiger partial charge in [-0.05, 0) is 49.6 Å². The lowest BCUT2D eigenvalue weighted by Crippen LogP contribution is -2.40. The van der Waals surface area contributed by atoms with Gasteiger partial charge >= 0.3 is 0 Å². The number of benzene rings is 2. The molecule has 8 heteroatoms. The van der Waals surface area contributed by atoms with Crippen LogP contribution in [0.4, 0.5) is 5.69 Å². The molecule has 2 aliphatic rings. The van der Waals surface area contributed by atoms with Crippen LogP contribution in [-0.2, 0) is 9.59 Å². The Bertz CT molecular complexity index is 1060. The molecule has 2 aromatic rings. The Kier molecular flexibility index (Phi) is 8.23. The van der Waals surface area contributed by atoms with Crippen molar-refractivity contribution in [2.24, 2.45) is 0 Å². The van der Waals surface area contributed by atoms with E-state index >= 15 is 0 Å². The Morgan fingerprint density at radius 1 is 1.09 bits per heavy atom. The number of nitrogens with one attached hydrogen (secondary N) is 1. The molecular weight excluding hydrogens is 448 g/mol. The van der Waals surface area contributed by atoms with E-state index in [4.69, 9.17) is 14.2 Å². The third-order valence-electron chi connectivity index (χ3n) is 6.41. The highest BCUT2D eigenvalue weighted by molar-refractivity contribution is 6.02. The van der Waals surface area contributed by atoms with Crippen LogP contribution in [0.1, 0.15) is 55.3 Å². The average Bonchev–Trinajstić information content (AvgIpc) is 2.89. The number of amides is 2. The fraction of sp³-hybridized carbons (Fsp3) is 0.444. The number of nitrogens with zero attached hydrogens (tertiary/aromatic N) is 1. The van der Waals surface area contributed by atoms with Crippen molar-refractivity contribution in [3.63, 3.8) is 0 Å². The first-order chi connectivity index (χ1) is 17.0. The molecular formula is C27H32N2O6. The molecule has 0 saturated heterocycles. The van der Waals surface area contributed by atoms with Crippen molar-refractivity contribution in [2.45, 2.75) is 51.0 Å². The van der Waals surface area contributed by atoms with E-state index in [9.17, 15) is 14.4 Å². The molecule has 186 valence electrons. The number of anilines is 1. The van der Waals surface area contributed by atoms with Crippen LogP contribution in [0, 0.1) is 0 Å². The van der Waals surface area contributed by atoms with Gasteiger partial charge in [0, 0.05) is 24.6 Å². The predicted molar refractivity (Wildman–Crippen MR) is 131 cm³/mol. The Morgan fingerprint density at radius 2 is 1.86 bits per heavy atom. The first-order valence-corrected chi connectivity index (χ1v) is 12.2. The molecule has 0 atom stereocenters. The van der Waals surface area contributed by atoms with E-state index in [2.05, 4.69) is 5.32 Å². The van der Waals surface area contributed by atoms with Crippen molar-refractivity contribution in [1.82, 2.24) is 5.32 Å². The van der Waals surface area contributed by atoms with Crippen molar-refractivity contribution in [3.05, 3.63) is 48.0 Å². The molecule has 2 aromatic carbocycles. The van der Waals surface area contributed by atoms with Gasteiger partial charge in [0.1, 0.15) is 5.75 Å². The number of hydrogen-bond donors (Lipinski definition) is 1. The van der Waals surface area contributed by atoms with Gasteiger partial charge in [-0.3, -0.25) is 14.4 Å². The summed E-state index contributed by atoms with van der Waals surface area (Å²) in [7, 11) is 1.54. The smallest absolute Gasteiger partial charge is 0.265 e. The summed E-state index contributed by atoms with van der Waals surface area (Å²) in [5.41, 5.74) is 0.953. The van der Waals surface area contributed by atoms with Crippen molar-refractivity contribution in [2.75, 3.05) is 31.8 Å². The second kappa shape index (κ2) is 11.7. The summed E-state index contributed by atoms with van der Waals surface area (Å²) in [5, 5.41) is 3.11. The standard InChI is InChI=1S/C27H32N2O6/c1-33-24-10-5-6-11-25(24)34-17-22(30)19-13-14-23-21(16-19)29(27(32)18-35-23)15-7-12-26(31)28-20-8-3-2-4-9-20/h5-6,10-11,13-14,16,20H,2-4,7-9,12,15,17-18H2,1H3,(H,28,31). The first-order valence-electron chi connectivity index (χ1n) is 12.2. The van der Waals surface area contributed by atoms with Gasteiger partial charge in [0.2, 0.25) is 5.91 Å². The quantitative estimate of drug-likeness (QED) is 0.518. The first kappa shape index (κ1) is 24.6. The highest BCUT2D eigenvalue weighted by Crippen LogP contribution is 2.33. The number of fused-ring (bicyclic) bond motifs is 1. The van der Waals surface area contributed by atoms with Crippen molar-refractivity contribution in [3.8, 4) is 17.2 Å². The van der Waals surface area contributed by atoms with Crippen LogP contribution in [0.25, 0.3) is 0 Å². The summed E-state index contributed by atoms with van der Waals surface area (Å²) in [6.07, 6.45) is 6.52. The van der Waals surface area contributed by atoms with Gasteiger partial charge in [-0.2, -0.15) is 0 Å². The number of carbonyl (C=O) groups excluding carboxylic acids is 3. The number of ketones is 1. The normalized spacial score (nSPS) is 15.7. The SMILES string of the molecule is COc1ccccc1OCC(=O)c1ccc2c(c1)N(CCCC(=O)NC1CCCCC1)C(=O)CO2. The zero-order chi connectivity index (χ0) is 24.6. The Hall–Kier alpha value is -3.55. The monoisotopic (exact) mass is 480 g/mol. The highest BCUT2D eigenvalue weighted by Gasteiger charge is 2.27. The third kappa shape index (κ3) is 6.32. The largest absolute Gasteiger partial charge is 0.493 e. The molecule has 0 aromatic heterocycles. The van der Waals surface area contributed by atoms with Gasteiger partial charge in [0.05, 0.1) is 12.8 Å². The van der Waals surface area contributed by atoms with E-state index in [1.54, 1.807) is 48.4 Å². The Balaban J connectivity index is 1.36. The number of carbonyl (C=O) groups is 3. The lowest BCUT2D eigenvalue weighted by atomic mass is 9.95. The van der Waals surface area contributed by atoms with E-state index in [1.165, 1.54) is 6.42 Å². The molecule has 1 N–H and O–H groups in total. The van der Waals surface area contributed by atoms with Crippen LogP contribution in [-0.4, -0.2) is 50.5 Å². The number of hydrogen-bond acceptors (Lipinski definition) is 6. The van der Waals surface area contributed by atoms with E-state index in [0.29, 0.717) is 47.9 Å². The summed E-state index contributed by atoms with van der Waals surface area (Å²) in [5.74, 6) is 1.16. The summed E-state index contributed by atoms with van der Waals surface area (Å²) in [6.45, 7) is 0.142. The minimum Gasteiger partial charge on any atom is -0.493 e. The summed E-state index contributed by atoms with van der Waals surface area (Å²) >= 11 is 0. The van der Waals surface area contributed by atoms with Crippen LogP contribution in [0.15, 0.2) is 42.5 Å². The summed E-state index contributed by atoms with van der Waals surface area (Å²) in [4.78, 5) is 39.4. The van der Waals surface area contributed by atoms with E-state index in [-0.39, 0.29) is 36.9 Å². The van der Waals surface area contributed by atoms with Gasteiger partial charge < -0.3 is 24.4 Å². The van der Waals surface area contributed by atoms with Crippen LogP contribution in [0.5, 0.6) is 17.2 Å². The van der Waals surface area contributed by atoms with Crippen molar-refractivity contribution < 1.29 is 28.6 Å². The van der Waals surface area contributed by atoms with Gasteiger partial charge in [0.15, 0.2) is 30.5 Å². The second-order valence-electron chi connectivity index (χ2n) is 8.89. The molecule has 4 rings (SSSR count). The summed E-state index contributed by atoms with van der Waals surface area (Å²) in [6, 6.07) is 12.4. The van der Waals surface area contributed by atoms with Crippen LogP contribution >= 0.6 is 0 Å². The molecule has 0 radical (unpaired) electrons. The molecule has 0 bridgehead atoms. The van der Waals surface area contributed by atoms with Crippen LogP contribution in [0.3, 0.4) is 0 Å². The lowest BCUT2D eigenvalue weighted by Gasteiger charge is -2.30. The summed E-state index contributed by atoms with van der Waals surface area (Å²) < 4.78 is 16.5. The molecule has 0 unspecified atom stereocenters. The molecule has 2 amide bonds. The predicted octanol–water partition coefficient (Wildman–Crippen LogP) is 3.91. The highest BCUT2D eigenvalue weighted by atomic mass is 16.5. The number of para-hydroxylation sites is 2. The zero-order valence-corrected chi connectivity index (χ0v) is 20.1. The van der Waals surface area contributed by atoms with Crippen molar-refractivity contribution in [1.29, 1.82) is 0 Å². The van der Waals surface area contributed by atoms with Gasteiger partial charge in [0.25, 0.3) is 5.91 Å². The Morgan fingerprint density at radius 3 is 2.63 bits per heavy atom. The number of rotatable bonds is 10. The average molecular weight is 481 g/mol. The molecule has 0 spiro atoms. The minimum absolute atomic E-state index is 0.0234. The van der Waals surface area contributed by atoms with Crippen LogP contribution < -0.4 is 24.4 Å². The zero-order valence-electron chi connectivity index (χ0n) is 20.1. The molecule has 1 fully saturated rings. The molecule has 8 nitrogen and oxygen atoms in total. The van der Waals surface area contributed by atoms with E-state index < -0.39 is 0 Å².